The Morgan fingerprint density at radius 1 is 1.47 bits per heavy atom. The van der Waals surface area contributed by atoms with Crippen LogP contribution in [0.3, 0.4) is 0 Å². The Labute approximate surface area is 105 Å². The van der Waals surface area contributed by atoms with Crippen LogP contribution < -0.4 is 5.56 Å². The molecule has 4 heteroatoms. The zero-order valence-electron chi connectivity index (χ0n) is 10.3. The Balaban J connectivity index is 2.22. The van der Waals surface area contributed by atoms with Gasteiger partial charge in [-0.2, -0.15) is 0 Å². The second kappa shape index (κ2) is 4.84. The second-order valence-corrected chi connectivity index (χ2v) is 5.43. The van der Waals surface area contributed by atoms with Gasteiger partial charge in [-0.1, -0.05) is 13.8 Å². The molecule has 0 aliphatic carbocycles. The summed E-state index contributed by atoms with van der Waals surface area (Å²) in [6, 6.07) is 3.59. The molecular formula is C13H16N2OS. The largest absolute Gasteiger partial charge is 0.309 e. The molecule has 0 amide bonds. The Kier molecular flexibility index (Phi) is 3.43. The summed E-state index contributed by atoms with van der Waals surface area (Å²) in [4.78, 5) is 16.3. The molecule has 2 heterocycles. The van der Waals surface area contributed by atoms with E-state index in [9.17, 15) is 4.79 Å². The molecule has 0 radical (unpaired) electrons. The summed E-state index contributed by atoms with van der Waals surface area (Å²) < 4.78 is 1.69. The number of hydrogen-bond acceptors (Lipinski definition) is 3. The number of pyridine rings is 1. The third kappa shape index (κ3) is 2.82. The van der Waals surface area contributed by atoms with E-state index in [1.165, 1.54) is 0 Å². The maximum absolute atomic E-state index is 11.7. The van der Waals surface area contributed by atoms with Crippen LogP contribution in [-0.2, 0) is 6.54 Å². The van der Waals surface area contributed by atoms with Crippen molar-refractivity contribution in [2.45, 2.75) is 33.2 Å². The van der Waals surface area contributed by atoms with E-state index in [1.54, 1.807) is 22.0 Å². The number of nitrogens with zero attached hydrogens (tertiary/aromatic N) is 2. The molecule has 0 saturated heterocycles. The predicted octanol–water partition coefficient (Wildman–Crippen LogP) is 2.78. The fraction of sp³-hybridized carbons (Fsp3) is 0.385. The van der Waals surface area contributed by atoms with Crippen molar-refractivity contribution in [3.63, 3.8) is 0 Å². The highest BCUT2D eigenvalue weighted by molar-refractivity contribution is 7.09. The van der Waals surface area contributed by atoms with Crippen LogP contribution in [0.5, 0.6) is 0 Å². The summed E-state index contributed by atoms with van der Waals surface area (Å²) in [6.07, 6.45) is 1.83. The van der Waals surface area contributed by atoms with Crippen LogP contribution in [0.4, 0.5) is 0 Å². The molecule has 0 aliphatic rings. The van der Waals surface area contributed by atoms with Crippen molar-refractivity contribution < 1.29 is 0 Å². The molecule has 0 aliphatic heterocycles. The van der Waals surface area contributed by atoms with Crippen molar-refractivity contribution in [2.75, 3.05) is 0 Å². The molecule has 2 rings (SSSR count). The van der Waals surface area contributed by atoms with Crippen molar-refractivity contribution in [2.24, 2.45) is 0 Å². The monoisotopic (exact) mass is 248 g/mol. The first kappa shape index (κ1) is 12.0. The first-order valence-corrected chi connectivity index (χ1v) is 6.55. The number of rotatable bonds is 3. The topological polar surface area (TPSA) is 34.9 Å². The van der Waals surface area contributed by atoms with E-state index in [-0.39, 0.29) is 5.56 Å². The van der Waals surface area contributed by atoms with Crippen molar-refractivity contribution in [1.82, 2.24) is 9.55 Å². The normalized spacial score (nSPS) is 11.1. The van der Waals surface area contributed by atoms with Gasteiger partial charge in [0.05, 0.1) is 12.2 Å². The summed E-state index contributed by atoms with van der Waals surface area (Å²) in [7, 11) is 0. The molecule has 0 N–H and O–H groups in total. The van der Waals surface area contributed by atoms with Crippen LogP contribution in [0, 0.1) is 6.92 Å². The lowest BCUT2D eigenvalue weighted by atomic mass is 10.2. The van der Waals surface area contributed by atoms with Gasteiger partial charge in [0.15, 0.2) is 0 Å². The minimum Gasteiger partial charge on any atom is -0.309 e. The summed E-state index contributed by atoms with van der Waals surface area (Å²) in [5, 5.41) is 3.05. The van der Waals surface area contributed by atoms with E-state index >= 15 is 0 Å². The maximum atomic E-state index is 11.7. The first-order valence-electron chi connectivity index (χ1n) is 5.67. The molecule has 0 saturated carbocycles. The lowest BCUT2D eigenvalue weighted by Gasteiger charge is -2.03. The standard InChI is InChI=1S/C13H16N2OS/c1-9(2)11-8-17-12(14-11)7-15-5-4-10(3)6-13(15)16/h4-6,8-9H,7H2,1-3H3. The lowest BCUT2D eigenvalue weighted by Crippen LogP contribution is -2.19. The van der Waals surface area contributed by atoms with E-state index in [4.69, 9.17) is 0 Å². The average Bonchev–Trinajstić information content (AvgIpc) is 2.71. The van der Waals surface area contributed by atoms with Crippen LogP contribution in [-0.4, -0.2) is 9.55 Å². The molecule has 0 aromatic carbocycles. The molecule has 2 aromatic heterocycles. The van der Waals surface area contributed by atoms with Gasteiger partial charge < -0.3 is 4.57 Å². The summed E-state index contributed by atoms with van der Waals surface area (Å²) in [5.41, 5.74) is 2.13. The number of thiazole rings is 1. The molecular weight excluding hydrogens is 232 g/mol. The van der Waals surface area contributed by atoms with E-state index in [2.05, 4.69) is 24.2 Å². The van der Waals surface area contributed by atoms with E-state index in [0.29, 0.717) is 12.5 Å². The number of hydrogen-bond donors (Lipinski definition) is 0. The summed E-state index contributed by atoms with van der Waals surface area (Å²) in [6.45, 7) is 6.73. The lowest BCUT2D eigenvalue weighted by molar-refractivity contribution is 0.739. The molecule has 0 spiro atoms. The summed E-state index contributed by atoms with van der Waals surface area (Å²) in [5.74, 6) is 0.440. The van der Waals surface area contributed by atoms with Crippen molar-refractivity contribution in [3.8, 4) is 0 Å². The van der Waals surface area contributed by atoms with Crippen molar-refractivity contribution >= 4 is 11.3 Å². The van der Waals surface area contributed by atoms with Gasteiger partial charge in [-0.15, -0.1) is 11.3 Å². The molecule has 0 atom stereocenters. The minimum absolute atomic E-state index is 0.0336. The highest BCUT2D eigenvalue weighted by Crippen LogP contribution is 2.18. The molecule has 0 fully saturated rings. The zero-order valence-corrected chi connectivity index (χ0v) is 11.1. The van der Waals surface area contributed by atoms with Gasteiger partial charge in [0.1, 0.15) is 5.01 Å². The van der Waals surface area contributed by atoms with Crippen LogP contribution in [0.2, 0.25) is 0 Å². The maximum Gasteiger partial charge on any atom is 0.251 e. The Morgan fingerprint density at radius 2 is 2.24 bits per heavy atom. The molecule has 3 nitrogen and oxygen atoms in total. The van der Waals surface area contributed by atoms with Gasteiger partial charge >= 0.3 is 0 Å². The highest BCUT2D eigenvalue weighted by atomic mass is 32.1. The van der Waals surface area contributed by atoms with Crippen molar-refractivity contribution in [3.05, 3.63) is 50.3 Å². The molecule has 90 valence electrons. The van der Waals surface area contributed by atoms with Crippen molar-refractivity contribution in [1.29, 1.82) is 0 Å². The quantitative estimate of drug-likeness (QED) is 0.837. The first-order chi connectivity index (χ1) is 8.06. The van der Waals surface area contributed by atoms with Crippen LogP contribution in [0.25, 0.3) is 0 Å². The Bertz CT molecular complexity index is 569. The number of aryl methyl sites for hydroxylation is 1. The van der Waals surface area contributed by atoms with Gasteiger partial charge in [0.2, 0.25) is 0 Å². The van der Waals surface area contributed by atoms with Gasteiger partial charge in [-0.25, -0.2) is 4.98 Å². The zero-order chi connectivity index (χ0) is 12.4. The van der Waals surface area contributed by atoms with Crippen LogP contribution >= 0.6 is 11.3 Å². The SMILES string of the molecule is Cc1ccn(Cc2nc(C(C)C)cs2)c(=O)c1. The van der Waals surface area contributed by atoms with E-state index in [0.717, 1.165) is 16.3 Å². The Morgan fingerprint density at radius 3 is 2.82 bits per heavy atom. The Hall–Kier alpha value is -1.42. The highest BCUT2D eigenvalue weighted by Gasteiger charge is 2.06. The predicted molar refractivity (Wildman–Crippen MR) is 70.7 cm³/mol. The van der Waals surface area contributed by atoms with Gasteiger partial charge in [-0.05, 0) is 24.5 Å². The van der Waals surface area contributed by atoms with E-state index < -0.39 is 0 Å². The molecule has 0 bridgehead atoms. The average molecular weight is 248 g/mol. The second-order valence-electron chi connectivity index (χ2n) is 4.49. The van der Waals surface area contributed by atoms with Gasteiger partial charge in [-0.3, -0.25) is 4.79 Å². The third-order valence-corrected chi connectivity index (χ3v) is 3.47. The minimum atomic E-state index is 0.0336. The smallest absolute Gasteiger partial charge is 0.251 e. The molecule has 17 heavy (non-hydrogen) atoms. The van der Waals surface area contributed by atoms with Crippen LogP contribution in [0.1, 0.15) is 36.0 Å². The fourth-order valence-electron chi connectivity index (χ4n) is 1.55. The van der Waals surface area contributed by atoms with Crippen LogP contribution in [0.15, 0.2) is 28.5 Å². The molecule has 2 aromatic rings. The molecule has 0 unspecified atom stereocenters. The van der Waals surface area contributed by atoms with Gasteiger partial charge in [0.25, 0.3) is 5.56 Å². The number of aromatic nitrogens is 2. The van der Waals surface area contributed by atoms with E-state index in [1.807, 2.05) is 19.2 Å². The summed E-state index contributed by atoms with van der Waals surface area (Å²) >= 11 is 1.61. The third-order valence-electron chi connectivity index (χ3n) is 2.62. The fourth-order valence-corrected chi connectivity index (χ4v) is 2.50. The van der Waals surface area contributed by atoms with Gasteiger partial charge in [0, 0.05) is 17.6 Å².